The van der Waals surface area contributed by atoms with E-state index in [1.54, 1.807) is 33.5 Å². The first-order chi connectivity index (χ1) is 17.4. The Hall–Kier alpha value is -3.79. The summed E-state index contributed by atoms with van der Waals surface area (Å²) in [4.78, 5) is 13.2. The van der Waals surface area contributed by atoms with Crippen LogP contribution in [-0.4, -0.2) is 27.1 Å². The van der Waals surface area contributed by atoms with E-state index in [0.717, 1.165) is 46.4 Å². The van der Waals surface area contributed by atoms with Crippen LogP contribution in [0.2, 0.25) is 0 Å². The number of hydrogen-bond donors (Lipinski definition) is 0. The maximum atomic E-state index is 13.2. The highest BCUT2D eigenvalue weighted by atomic mass is 16.5. The van der Waals surface area contributed by atoms with Gasteiger partial charge < -0.3 is 14.2 Å². The van der Waals surface area contributed by atoms with Crippen molar-refractivity contribution < 1.29 is 19.0 Å². The first-order valence-electron chi connectivity index (χ1n) is 12.3. The number of aryl methyl sites for hydroxylation is 3. The monoisotopic (exact) mass is 484 g/mol. The number of carbonyl (C=O) groups is 1. The first-order valence-corrected chi connectivity index (χ1v) is 12.3. The highest BCUT2D eigenvalue weighted by Gasteiger charge is 2.18. The molecule has 0 heterocycles. The van der Waals surface area contributed by atoms with Crippen molar-refractivity contribution in [2.45, 2.75) is 40.5 Å². The molecule has 0 bridgehead atoms. The van der Waals surface area contributed by atoms with Crippen molar-refractivity contribution in [1.82, 2.24) is 0 Å². The maximum absolute atomic E-state index is 13.2. The maximum Gasteiger partial charge on any atom is 0.189 e. The molecule has 3 rings (SSSR count). The van der Waals surface area contributed by atoms with Gasteiger partial charge in [0.25, 0.3) is 0 Å². The molecule has 4 heteroatoms. The zero-order valence-corrected chi connectivity index (χ0v) is 22.4. The third-order valence-electron chi connectivity index (χ3n) is 6.43. The largest absolute Gasteiger partial charge is 0.496 e. The third-order valence-corrected chi connectivity index (χ3v) is 6.43. The predicted octanol–water partition coefficient (Wildman–Crippen LogP) is 7.60. The highest BCUT2D eigenvalue weighted by molar-refractivity contribution is 6.09. The number of carbonyl (C=O) groups excluding carboxylic acids is 1. The Kier molecular flexibility index (Phi) is 9.13. The lowest BCUT2D eigenvalue weighted by Gasteiger charge is -2.16. The average Bonchev–Trinajstić information content (AvgIpc) is 2.91. The molecule has 0 aliphatic heterocycles. The minimum absolute atomic E-state index is 0.143. The van der Waals surface area contributed by atoms with Crippen LogP contribution >= 0.6 is 0 Å². The van der Waals surface area contributed by atoms with Gasteiger partial charge in [0.15, 0.2) is 17.3 Å². The van der Waals surface area contributed by atoms with E-state index >= 15 is 0 Å². The summed E-state index contributed by atoms with van der Waals surface area (Å²) in [5.74, 6) is 1.80. The molecule has 0 aliphatic rings. The average molecular weight is 485 g/mol. The predicted molar refractivity (Wildman–Crippen MR) is 149 cm³/mol. The van der Waals surface area contributed by atoms with Gasteiger partial charge in [-0.1, -0.05) is 56.3 Å². The Morgan fingerprint density at radius 3 is 2.08 bits per heavy atom. The minimum Gasteiger partial charge on any atom is -0.496 e. The lowest BCUT2D eigenvalue weighted by atomic mass is 9.95. The molecule has 0 saturated heterocycles. The third kappa shape index (κ3) is 5.71. The second kappa shape index (κ2) is 12.3. The molecule has 4 nitrogen and oxygen atoms in total. The quantitative estimate of drug-likeness (QED) is 0.169. The van der Waals surface area contributed by atoms with Crippen molar-refractivity contribution in [1.29, 1.82) is 0 Å². The molecular formula is C32H36O4. The molecule has 0 unspecified atom stereocenters. The summed E-state index contributed by atoms with van der Waals surface area (Å²) in [6, 6.07) is 16.2. The van der Waals surface area contributed by atoms with E-state index < -0.39 is 0 Å². The summed E-state index contributed by atoms with van der Waals surface area (Å²) in [5, 5.41) is 0. The van der Waals surface area contributed by atoms with Gasteiger partial charge in [0.2, 0.25) is 0 Å². The van der Waals surface area contributed by atoms with E-state index in [1.165, 1.54) is 11.1 Å². The lowest BCUT2D eigenvalue weighted by Crippen LogP contribution is -2.03. The SMILES string of the molecule is CCc1cc(/C=C/C(=O)c2ccc(CC)c(OC)c2OC)cc(/C(C)=C/c2ccccc2C)c1OC. The fourth-order valence-corrected chi connectivity index (χ4v) is 4.43. The number of allylic oxidation sites excluding steroid dienone is 2. The van der Waals surface area contributed by atoms with Crippen LogP contribution in [-0.2, 0) is 12.8 Å². The van der Waals surface area contributed by atoms with E-state index in [1.807, 2.05) is 31.2 Å². The molecule has 0 radical (unpaired) electrons. The number of ether oxygens (including phenoxy) is 3. The topological polar surface area (TPSA) is 44.8 Å². The van der Waals surface area contributed by atoms with Gasteiger partial charge in [-0.25, -0.2) is 0 Å². The smallest absolute Gasteiger partial charge is 0.189 e. The molecule has 0 atom stereocenters. The normalized spacial score (nSPS) is 11.6. The van der Waals surface area contributed by atoms with Gasteiger partial charge in [-0.05, 0) is 84.4 Å². The van der Waals surface area contributed by atoms with Crippen LogP contribution in [0.3, 0.4) is 0 Å². The molecular weight excluding hydrogens is 448 g/mol. The Labute approximate surface area is 215 Å². The number of ketones is 1. The summed E-state index contributed by atoms with van der Waals surface area (Å²) in [6.07, 6.45) is 7.22. The van der Waals surface area contributed by atoms with Crippen molar-refractivity contribution in [3.8, 4) is 17.2 Å². The van der Waals surface area contributed by atoms with E-state index in [9.17, 15) is 4.79 Å². The molecule has 0 aromatic heterocycles. The summed E-state index contributed by atoms with van der Waals surface area (Å²) in [7, 11) is 4.86. The van der Waals surface area contributed by atoms with Gasteiger partial charge >= 0.3 is 0 Å². The van der Waals surface area contributed by atoms with E-state index in [-0.39, 0.29) is 5.78 Å². The number of hydrogen-bond acceptors (Lipinski definition) is 4. The Morgan fingerprint density at radius 2 is 1.47 bits per heavy atom. The summed E-state index contributed by atoms with van der Waals surface area (Å²) >= 11 is 0. The van der Waals surface area contributed by atoms with Crippen LogP contribution in [0.1, 0.15) is 64.5 Å². The molecule has 0 fully saturated rings. The number of benzene rings is 3. The standard InChI is InChI=1S/C32H36O4/c1-8-24-15-16-27(32(36-7)31(24)35-6)29(33)17-14-23-19-25(9-2)30(34-5)28(20-23)22(4)18-26-13-11-10-12-21(26)3/h10-20H,8-9H2,1-7H3/b17-14+,22-18+. The molecule has 0 saturated carbocycles. The van der Waals surface area contributed by atoms with Gasteiger partial charge in [0.1, 0.15) is 5.75 Å². The van der Waals surface area contributed by atoms with Crippen molar-refractivity contribution >= 4 is 23.5 Å². The van der Waals surface area contributed by atoms with Gasteiger partial charge in [0.05, 0.1) is 26.9 Å². The summed E-state index contributed by atoms with van der Waals surface area (Å²) < 4.78 is 16.9. The van der Waals surface area contributed by atoms with Crippen LogP contribution in [0, 0.1) is 6.92 Å². The zero-order chi connectivity index (χ0) is 26.2. The molecule has 36 heavy (non-hydrogen) atoms. The lowest BCUT2D eigenvalue weighted by molar-refractivity contribution is 0.104. The Balaban J connectivity index is 2.04. The van der Waals surface area contributed by atoms with Crippen molar-refractivity contribution in [3.63, 3.8) is 0 Å². The van der Waals surface area contributed by atoms with Gasteiger partial charge in [-0.3, -0.25) is 4.79 Å². The van der Waals surface area contributed by atoms with Gasteiger partial charge in [0, 0.05) is 5.56 Å². The summed E-state index contributed by atoms with van der Waals surface area (Å²) in [6.45, 7) is 8.34. The van der Waals surface area contributed by atoms with Crippen LogP contribution in [0.5, 0.6) is 17.2 Å². The summed E-state index contributed by atoms with van der Waals surface area (Å²) in [5.41, 5.74) is 7.99. The van der Waals surface area contributed by atoms with Gasteiger partial charge in [-0.2, -0.15) is 0 Å². The van der Waals surface area contributed by atoms with Crippen LogP contribution < -0.4 is 14.2 Å². The highest BCUT2D eigenvalue weighted by Crippen LogP contribution is 2.36. The molecule has 0 amide bonds. The Bertz CT molecular complexity index is 1300. The van der Waals surface area contributed by atoms with Crippen molar-refractivity contribution in [3.05, 3.63) is 93.6 Å². The van der Waals surface area contributed by atoms with Crippen LogP contribution in [0.4, 0.5) is 0 Å². The van der Waals surface area contributed by atoms with Crippen molar-refractivity contribution in [2.24, 2.45) is 0 Å². The molecule has 188 valence electrons. The number of methoxy groups -OCH3 is 3. The zero-order valence-electron chi connectivity index (χ0n) is 22.4. The molecule has 0 N–H and O–H groups in total. The van der Waals surface area contributed by atoms with E-state index in [2.05, 4.69) is 51.1 Å². The fraction of sp³-hybridized carbons (Fsp3) is 0.281. The molecule has 0 spiro atoms. The van der Waals surface area contributed by atoms with E-state index in [0.29, 0.717) is 17.1 Å². The van der Waals surface area contributed by atoms with Gasteiger partial charge in [-0.15, -0.1) is 0 Å². The second-order valence-corrected chi connectivity index (χ2v) is 8.69. The Morgan fingerprint density at radius 1 is 0.806 bits per heavy atom. The fourth-order valence-electron chi connectivity index (χ4n) is 4.43. The minimum atomic E-state index is -0.143. The van der Waals surface area contributed by atoms with Crippen LogP contribution in [0.15, 0.2) is 54.6 Å². The molecule has 3 aromatic rings. The first kappa shape index (κ1) is 26.8. The molecule has 0 aliphatic carbocycles. The van der Waals surface area contributed by atoms with Crippen molar-refractivity contribution in [2.75, 3.05) is 21.3 Å². The molecule has 3 aromatic carbocycles. The number of rotatable bonds is 10. The van der Waals surface area contributed by atoms with Crippen LogP contribution in [0.25, 0.3) is 17.7 Å². The van der Waals surface area contributed by atoms with E-state index in [4.69, 9.17) is 14.2 Å². The second-order valence-electron chi connectivity index (χ2n) is 8.69.